The van der Waals surface area contributed by atoms with Crippen LogP contribution >= 0.6 is 22.7 Å². The molecule has 0 aliphatic carbocycles. The van der Waals surface area contributed by atoms with E-state index in [9.17, 15) is 0 Å². The van der Waals surface area contributed by atoms with Crippen LogP contribution in [-0.2, 0) is 0 Å². The van der Waals surface area contributed by atoms with Crippen LogP contribution in [0.1, 0.15) is 0 Å². The Labute approximate surface area is 443 Å². The number of rotatable bonds is 7. The van der Waals surface area contributed by atoms with E-state index in [1.54, 1.807) is 0 Å². The Kier molecular flexibility index (Phi) is 9.61. The first-order valence-electron chi connectivity index (χ1n) is 25.5. The zero-order chi connectivity index (χ0) is 49.8. The Morgan fingerprint density at radius 3 is 1.76 bits per heavy atom. The van der Waals surface area contributed by atoms with Gasteiger partial charge in [0, 0.05) is 84.3 Å². The van der Waals surface area contributed by atoms with Gasteiger partial charge in [-0.15, -0.1) is 22.7 Å². The quantitative estimate of drug-likeness (QED) is 0.160. The minimum absolute atomic E-state index is 0.578. The van der Waals surface area contributed by atoms with Gasteiger partial charge in [-0.1, -0.05) is 176 Å². The summed E-state index contributed by atoms with van der Waals surface area (Å²) in [5.41, 5.74) is 14.6. The van der Waals surface area contributed by atoms with Gasteiger partial charge in [-0.2, -0.15) is 0 Å². The molecule has 0 bridgehead atoms. The van der Waals surface area contributed by atoms with Crippen molar-refractivity contribution in [2.75, 3.05) is 0 Å². The van der Waals surface area contributed by atoms with Crippen LogP contribution in [0.25, 0.3) is 157 Å². The average molecular weight is 1010 g/mol. The fourth-order valence-electron chi connectivity index (χ4n) is 11.6. The Morgan fingerprint density at radius 2 is 0.908 bits per heavy atom. The Bertz CT molecular complexity index is 5010. The molecule has 5 heterocycles. The third kappa shape index (κ3) is 6.73. The second-order valence-electron chi connectivity index (χ2n) is 19.4. The number of para-hydroxylation sites is 1. The fourth-order valence-corrected chi connectivity index (χ4v) is 14.0. The van der Waals surface area contributed by atoms with Crippen LogP contribution in [0, 0.1) is 0 Å². The van der Waals surface area contributed by atoms with E-state index in [2.05, 4.69) is 217 Å². The van der Waals surface area contributed by atoms with Crippen molar-refractivity contribution in [3.63, 3.8) is 0 Å². The van der Waals surface area contributed by atoms with Crippen LogP contribution in [0.5, 0.6) is 0 Å². The van der Waals surface area contributed by atoms with E-state index in [1.807, 2.05) is 53.0 Å². The van der Waals surface area contributed by atoms with Gasteiger partial charge in [-0.05, 0) is 100 Å². The Morgan fingerprint density at radius 1 is 0.303 bits per heavy atom. The van der Waals surface area contributed by atoms with Crippen molar-refractivity contribution >= 4 is 107 Å². The molecule has 16 aromatic rings. The van der Waals surface area contributed by atoms with E-state index >= 15 is 0 Å². The molecule has 0 radical (unpaired) electrons. The first-order valence-corrected chi connectivity index (χ1v) is 27.1. The molecule has 0 unspecified atom stereocenters. The van der Waals surface area contributed by atoms with Crippen molar-refractivity contribution < 1.29 is 4.42 Å². The van der Waals surface area contributed by atoms with Gasteiger partial charge in [-0.3, -0.25) is 0 Å². The minimum atomic E-state index is 0.578. The predicted molar refractivity (Wildman–Crippen MR) is 320 cm³/mol. The van der Waals surface area contributed by atoms with Crippen molar-refractivity contribution in [1.29, 1.82) is 0 Å². The van der Waals surface area contributed by atoms with Gasteiger partial charge in [0.2, 0.25) is 0 Å². The molecule has 16 rings (SSSR count). The van der Waals surface area contributed by atoms with E-state index in [0.717, 1.165) is 72.1 Å². The van der Waals surface area contributed by atoms with Gasteiger partial charge in [0.25, 0.3) is 0 Å². The molecule has 0 saturated carbocycles. The van der Waals surface area contributed by atoms with Gasteiger partial charge in [0.1, 0.15) is 11.2 Å². The summed E-state index contributed by atoms with van der Waals surface area (Å²) in [5, 5.41) is 9.44. The highest BCUT2D eigenvalue weighted by atomic mass is 32.1. The lowest BCUT2D eigenvalue weighted by Crippen LogP contribution is -2.01. The lowest BCUT2D eigenvalue weighted by molar-refractivity contribution is 0.669. The summed E-state index contributed by atoms with van der Waals surface area (Å²) in [4.78, 5) is 16.0. The van der Waals surface area contributed by atoms with Crippen LogP contribution < -0.4 is 0 Å². The largest absolute Gasteiger partial charge is 0.456 e. The molecule has 7 heteroatoms. The monoisotopic (exact) mass is 1000 g/mol. The van der Waals surface area contributed by atoms with Gasteiger partial charge in [0.15, 0.2) is 17.5 Å². The number of benzene rings is 11. The van der Waals surface area contributed by atoms with Crippen LogP contribution in [0.15, 0.2) is 247 Å². The van der Waals surface area contributed by atoms with E-state index in [0.29, 0.717) is 17.5 Å². The summed E-state index contributed by atoms with van der Waals surface area (Å²) in [6, 6.07) is 86.8. The number of fused-ring (bicyclic) bond motifs is 12. The standard InChI is InChI=1S/C69H40N4OS2/c1-3-16-41(17-4-1)67-70-68(52-22-8-7-20-47(52)50-25-15-31-63-65(50)53-23-10-12-30-62(53)75-63)72-69(71-67)54-27-14-28-60-64(54)56-39-43(34-37-59(56)74-60)42-33-36-57-55(38-42)48-35-32-44(40-58(48)73(57)45-18-5-2-6-19-45)46-24-13-26-51-49-21-9-11-29-61(49)76-66(46)51/h1-40H. The first kappa shape index (κ1) is 42.9. The molecule has 0 spiro atoms. The highest BCUT2D eigenvalue weighted by Gasteiger charge is 2.22. The molecule has 76 heavy (non-hydrogen) atoms. The molecule has 0 N–H and O–H groups in total. The summed E-state index contributed by atoms with van der Waals surface area (Å²) in [6.07, 6.45) is 0. The third-order valence-electron chi connectivity index (χ3n) is 15.1. The predicted octanol–water partition coefficient (Wildman–Crippen LogP) is 19.6. The van der Waals surface area contributed by atoms with Crippen molar-refractivity contribution in [2.24, 2.45) is 0 Å². The minimum Gasteiger partial charge on any atom is -0.456 e. The average Bonchev–Trinajstić information content (AvgIpc) is 4.27. The highest BCUT2D eigenvalue weighted by molar-refractivity contribution is 7.26. The molecule has 0 aliphatic rings. The molecule has 5 nitrogen and oxygen atoms in total. The Balaban J connectivity index is 0.856. The second-order valence-corrected chi connectivity index (χ2v) is 21.5. The molecule has 354 valence electrons. The van der Waals surface area contributed by atoms with Gasteiger partial charge >= 0.3 is 0 Å². The van der Waals surface area contributed by atoms with E-state index in [4.69, 9.17) is 19.4 Å². The highest BCUT2D eigenvalue weighted by Crippen LogP contribution is 2.46. The number of hydrogen-bond acceptors (Lipinski definition) is 6. The summed E-state index contributed by atoms with van der Waals surface area (Å²) in [7, 11) is 0. The topological polar surface area (TPSA) is 56.7 Å². The number of thiophene rings is 2. The van der Waals surface area contributed by atoms with Gasteiger partial charge in [-0.25, -0.2) is 15.0 Å². The van der Waals surface area contributed by atoms with Crippen molar-refractivity contribution in [2.45, 2.75) is 0 Å². The molecule has 0 amide bonds. The van der Waals surface area contributed by atoms with Crippen LogP contribution in [-0.4, -0.2) is 19.5 Å². The molecule has 0 fully saturated rings. The normalized spacial score (nSPS) is 11.9. The summed E-state index contributed by atoms with van der Waals surface area (Å²) in [6.45, 7) is 0. The number of furan rings is 1. The SMILES string of the molecule is c1ccc(-c2nc(-c3ccccc3-c3cccc4sc5ccccc5c34)nc(-c3cccc4oc5ccc(-c6ccc7c(c6)c6ccc(-c8cccc9c8sc8ccccc89)cc6n7-c6ccccc6)cc5c34)n2)cc1. The molecule has 0 aliphatic heterocycles. The van der Waals surface area contributed by atoms with Crippen LogP contribution in [0.3, 0.4) is 0 Å². The molecule has 5 aromatic heterocycles. The zero-order valence-corrected chi connectivity index (χ0v) is 42.2. The summed E-state index contributed by atoms with van der Waals surface area (Å²) < 4.78 is 14.2. The maximum Gasteiger partial charge on any atom is 0.164 e. The maximum atomic E-state index is 6.68. The number of hydrogen-bond donors (Lipinski definition) is 0. The summed E-state index contributed by atoms with van der Waals surface area (Å²) in [5.74, 6) is 1.79. The van der Waals surface area contributed by atoms with Crippen molar-refractivity contribution in [3.05, 3.63) is 243 Å². The van der Waals surface area contributed by atoms with Gasteiger partial charge in [0.05, 0.1) is 11.0 Å². The third-order valence-corrected chi connectivity index (χ3v) is 17.4. The second kappa shape index (κ2) is 17.0. The first-order chi connectivity index (χ1) is 37.7. The van der Waals surface area contributed by atoms with Crippen molar-refractivity contribution in [1.82, 2.24) is 19.5 Å². The molecule has 11 aromatic carbocycles. The van der Waals surface area contributed by atoms with Crippen molar-refractivity contribution in [3.8, 4) is 73.2 Å². The van der Waals surface area contributed by atoms with E-state index in [1.165, 1.54) is 67.8 Å². The lowest BCUT2D eigenvalue weighted by Gasteiger charge is -2.13. The maximum absolute atomic E-state index is 6.68. The molecule has 0 saturated heterocycles. The van der Waals surface area contributed by atoms with Gasteiger partial charge < -0.3 is 8.98 Å². The fraction of sp³-hybridized carbons (Fsp3) is 0. The van der Waals surface area contributed by atoms with E-state index < -0.39 is 0 Å². The summed E-state index contributed by atoms with van der Waals surface area (Å²) >= 11 is 3.70. The lowest BCUT2D eigenvalue weighted by atomic mass is 9.95. The number of aromatic nitrogens is 4. The zero-order valence-electron chi connectivity index (χ0n) is 40.6. The Hall–Kier alpha value is -9.53. The van der Waals surface area contributed by atoms with Crippen LogP contribution in [0.4, 0.5) is 0 Å². The molecular weight excluding hydrogens is 965 g/mol. The van der Waals surface area contributed by atoms with E-state index in [-0.39, 0.29) is 0 Å². The molecular formula is C69H40N4OS2. The number of nitrogens with zero attached hydrogens (tertiary/aromatic N) is 4. The molecule has 0 atom stereocenters. The smallest absolute Gasteiger partial charge is 0.164 e. The van der Waals surface area contributed by atoms with Crippen LogP contribution in [0.2, 0.25) is 0 Å².